The third-order valence-electron chi connectivity index (χ3n) is 8.89. The first-order valence-electron chi connectivity index (χ1n) is 16.0. The molecule has 0 radical (unpaired) electrons. The molecule has 0 nitrogen and oxygen atoms in total. The quantitative estimate of drug-likeness (QED) is 0.157. The molecule has 33 heavy (non-hydrogen) atoms. The highest BCUT2D eigenvalue weighted by molar-refractivity contribution is 8.00. The number of thioether (sulfide) groups is 1. The van der Waals surface area contributed by atoms with Crippen LogP contribution in [-0.4, -0.2) is 10.5 Å². The first kappa shape index (κ1) is 29.6. The molecule has 196 valence electrons. The van der Waals surface area contributed by atoms with Crippen LogP contribution in [0.15, 0.2) is 0 Å². The minimum absolute atomic E-state index is 0.984. The van der Waals surface area contributed by atoms with E-state index in [9.17, 15) is 0 Å². The van der Waals surface area contributed by atoms with Gasteiger partial charge in [-0.3, -0.25) is 0 Å². The van der Waals surface area contributed by atoms with Crippen LogP contribution in [0.4, 0.5) is 0 Å². The molecule has 2 aliphatic carbocycles. The molecular formula is C32H62S. The average molecular weight is 479 g/mol. The molecule has 0 amide bonds. The van der Waals surface area contributed by atoms with Crippen LogP contribution in [0.3, 0.4) is 0 Å². The van der Waals surface area contributed by atoms with Crippen LogP contribution in [0, 0.1) is 11.8 Å². The lowest BCUT2D eigenvalue weighted by atomic mass is 9.84. The lowest BCUT2D eigenvalue weighted by Crippen LogP contribution is -2.28. The summed E-state index contributed by atoms with van der Waals surface area (Å²) in [5.41, 5.74) is 0. The topological polar surface area (TPSA) is 0 Å². The fourth-order valence-electron chi connectivity index (χ4n) is 6.67. The van der Waals surface area contributed by atoms with Gasteiger partial charge in [-0.2, -0.15) is 11.8 Å². The smallest absolute Gasteiger partial charge is 0.00782 e. The third-order valence-corrected chi connectivity index (χ3v) is 10.8. The second kappa shape index (κ2) is 20.5. The summed E-state index contributed by atoms with van der Waals surface area (Å²) in [7, 11) is 0. The first-order chi connectivity index (χ1) is 16.3. The highest BCUT2D eigenvalue weighted by Gasteiger charge is 2.30. The van der Waals surface area contributed by atoms with Crippen molar-refractivity contribution in [1.82, 2.24) is 0 Å². The summed E-state index contributed by atoms with van der Waals surface area (Å²) in [5, 5.41) is 1.97. The van der Waals surface area contributed by atoms with Crippen molar-refractivity contribution < 1.29 is 0 Å². The predicted octanol–water partition coefficient (Wildman–Crippen LogP) is 11.9. The molecule has 0 bridgehead atoms. The molecule has 0 saturated heterocycles. The summed E-state index contributed by atoms with van der Waals surface area (Å²) in [4.78, 5) is 0. The van der Waals surface area contributed by atoms with E-state index >= 15 is 0 Å². The van der Waals surface area contributed by atoms with Crippen molar-refractivity contribution in [2.24, 2.45) is 11.8 Å². The van der Waals surface area contributed by atoms with E-state index in [0.29, 0.717) is 0 Å². The van der Waals surface area contributed by atoms with Gasteiger partial charge in [-0.1, -0.05) is 142 Å². The molecule has 1 heteroatoms. The zero-order valence-electron chi connectivity index (χ0n) is 23.1. The first-order valence-corrected chi connectivity index (χ1v) is 16.9. The van der Waals surface area contributed by atoms with Gasteiger partial charge in [0.05, 0.1) is 0 Å². The van der Waals surface area contributed by atoms with Gasteiger partial charge < -0.3 is 0 Å². The number of unbranched alkanes of at least 4 members (excludes halogenated alkanes) is 12. The van der Waals surface area contributed by atoms with Gasteiger partial charge in [0.15, 0.2) is 0 Å². The maximum absolute atomic E-state index is 2.55. The van der Waals surface area contributed by atoms with Gasteiger partial charge in [0, 0.05) is 10.5 Å². The van der Waals surface area contributed by atoms with Gasteiger partial charge >= 0.3 is 0 Å². The van der Waals surface area contributed by atoms with E-state index in [1.807, 2.05) is 0 Å². The van der Waals surface area contributed by atoms with Crippen molar-refractivity contribution in [3.8, 4) is 0 Å². The molecular weight excluding hydrogens is 416 g/mol. The Morgan fingerprint density at radius 2 is 0.788 bits per heavy atom. The Balaban J connectivity index is 1.82. The second-order valence-electron chi connectivity index (χ2n) is 11.8. The Hall–Kier alpha value is 0.350. The number of rotatable bonds is 20. The van der Waals surface area contributed by atoms with Crippen LogP contribution in [0.1, 0.15) is 181 Å². The normalized spacial score (nSPS) is 20.2. The zero-order valence-corrected chi connectivity index (χ0v) is 23.9. The summed E-state index contributed by atoms with van der Waals surface area (Å²) in [6.07, 6.45) is 38.9. The monoisotopic (exact) mass is 478 g/mol. The summed E-state index contributed by atoms with van der Waals surface area (Å²) < 4.78 is 0. The lowest BCUT2D eigenvalue weighted by Gasteiger charge is -2.37. The molecule has 0 N–H and O–H groups in total. The van der Waals surface area contributed by atoms with Crippen LogP contribution in [0.25, 0.3) is 0 Å². The molecule has 2 atom stereocenters. The summed E-state index contributed by atoms with van der Waals surface area (Å²) in [6, 6.07) is 0. The van der Waals surface area contributed by atoms with Crippen LogP contribution in [0.5, 0.6) is 0 Å². The van der Waals surface area contributed by atoms with Crippen LogP contribution < -0.4 is 0 Å². The molecule has 2 fully saturated rings. The molecule has 0 aromatic carbocycles. The Kier molecular flexibility index (Phi) is 18.4. The highest BCUT2D eigenvalue weighted by Crippen LogP contribution is 2.43. The Morgan fingerprint density at radius 3 is 1.15 bits per heavy atom. The van der Waals surface area contributed by atoms with E-state index < -0.39 is 0 Å². The molecule has 0 aromatic heterocycles. The zero-order chi connectivity index (χ0) is 23.4. The maximum Gasteiger partial charge on any atom is 0.00782 e. The lowest BCUT2D eigenvalue weighted by molar-refractivity contribution is 0.322. The van der Waals surface area contributed by atoms with Crippen LogP contribution in [0.2, 0.25) is 0 Å². The molecule has 0 heterocycles. The van der Waals surface area contributed by atoms with Crippen LogP contribution in [-0.2, 0) is 0 Å². The Labute approximate surface area is 214 Å². The SMILES string of the molecule is CCCCCCCCCC(SC(CCCCCCCCC)C1CCCCC1)C1CCCCC1. The summed E-state index contributed by atoms with van der Waals surface area (Å²) in [5.74, 6) is 2.09. The second-order valence-corrected chi connectivity index (χ2v) is 13.3. The maximum atomic E-state index is 2.55. The average Bonchev–Trinajstić information content (AvgIpc) is 2.87. The van der Waals surface area contributed by atoms with E-state index in [4.69, 9.17) is 0 Å². The minimum atomic E-state index is 0.984. The van der Waals surface area contributed by atoms with Gasteiger partial charge in [-0.25, -0.2) is 0 Å². The number of hydrogen-bond acceptors (Lipinski definition) is 1. The molecule has 2 saturated carbocycles. The minimum Gasteiger partial charge on any atom is -0.155 e. The molecule has 0 spiro atoms. The fraction of sp³-hybridized carbons (Fsp3) is 1.00. The van der Waals surface area contributed by atoms with Crippen molar-refractivity contribution in [3.05, 3.63) is 0 Å². The Morgan fingerprint density at radius 1 is 0.455 bits per heavy atom. The van der Waals surface area contributed by atoms with Crippen molar-refractivity contribution in [2.45, 2.75) is 191 Å². The molecule has 2 aliphatic rings. The molecule has 0 aliphatic heterocycles. The fourth-order valence-corrected chi connectivity index (χ4v) is 8.71. The molecule has 2 rings (SSSR count). The third kappa shape index (κ3) is 13.9. The van der Waals surface area contributed by atoms with Gasteiger partial charge in [-0.05, 0) is 50.4 Å². The van der Waals surface area contributed by atoms with E-state index in [0.717, 1.165) is 22.3 Å². The predicted molar refractivity (Wildman–Crippen MR) is 154 cm³/mol. The van der Waals surface area contributed by atoms with Crippen molar-refractivity contribution in [2.75, 3.05) is 0 Å². The summed E-state index contributed by atoms with van der Waals surface area (Å²) in [6.45, 7) is 4.67. The summed E-state index contributed by atoms with van der Waals surface area (Å²) >= 11 is 2.55. The number of hydrogen-bond donors (Lipinski definition) is 0. The van der Waals surface area contributed by atoms with E-state index in [-0.39, 0.29) is 0 Å². The highest BCUT2D eigenvalue weighted by atomic mass is 32.2. The molecule has 0 aromatic rings. The van der Waals surface area contributed by atoms with E-state index in [2.05, 4.69) is 25.6 Å². The van der Waals surface area contributed by atoms with Gasteiger partial charge in [-0.15, -0.1) is 0 Å². The van der Waals surface area contributed by atoms with Crippen molar-refractivity contribution >= 4 is 11.8 Å². The van der Waals surface area contributed by atoms with Gasteiger partial charge in [0.2, 0.25) is 0 Å². The van der Waals surface area contributed by atoms with Gasteiger partial charge in [0.25, 0.3) is 0 Å². The van der Waals surface area contributed by atoms with Gasteiger partial charge in [0.1, 0.15) is 0 Å². The standard InChI is InChI=1S/C32H62S/c1-3-5-7-9-11-13-21-27-31(29-23-17-15-18-24-29)33-32(30-25-19-16-20-26-30)28-22-14-12-10-8-6-4-2/h29-32H,3-28H2,1-2H3. The van der Waals surface area contributed by atoms with Crippen LogP contribution >= 0.6 is 11.8 Å². The Bertz CT molecular complexity index is 369. The van der Waals surface area contributed by atoms with E-state index in [1.54, 1.807) is 25.7 Å². The molecule has 2 unspecified atom stereocenters. The van der Waals surface area contributed by atoms with Crippen molar-refractivity contribution in [1.29, 1.82) is 0 Å². The van der Waals surface area contributed by atoms with E-state index in [1.165, 1.54) is 141 Å². The largest absolute Gasteiger partial charge is 0.155 e. The van der Waals surface area contributed by atoms with Crippen molar-refractivity contribution in [3.63, 3.8) is 0 Å².